The molecule has 210 valence electrons. The predicted octanol–water partition coefficient (Wildman–Crippen LogP) is 3.96. The first-order valence-corrected chi connectivity index (χ1v) is 14.4. The lowest BCUT2D eigenvalue weighted by Gasteiger charge is -2.65. The molecule has 4 aliphatic rings. The third-order valence-electron chi connectivity index (χ3n) is 9.54. The number of likely N-dealkylation sites (tertiary alicyclic amines) is 1. The summed E-state index contributed by atoms with van der Waals surface area (Å²) in [6.07, 6.45) is 2.16. The third-order valence-corrected chi connectivity index (χ3v) is 9.54. The molecule has 1 saturated heterocycles. The van der Waals surface area contributed by atoms with E-state index >= 15 is 0 Å². The van der Waals surface area contributed by atoms with Crippen molar-refractivity contribution in [3.8, 4) is 23.3 Å². The summed E-state index contributed by atoms with van der Waals surface area (Å²) >= 11 is 0. The number of likely N-dealkylation sites (N-methyl/N-ethyl adjacent to an activating group) is 1. The summed E-state index contributed by atoms with van der Waals surface area (Å²) in [5.41, 5.74) is 2.51. The van der Waals surface area contributed by atoms with Crippen LogP contribution >= 0.6 is 0 Å². The van der Waals surface area contributed by atoms with E-state index in [1.54, 1.807) is 6.07 Å². The Hall–Kier alpha value is -3.50. The molecule has 0 unspecified atom stereocenters. The van der Waals surface area contributed by atoms with Crippen LogP contribution in [0.5, 0.6) is 11.5 Å². The Labute approximate surface area is 236 Å². The number of esters is 1. The minimum atomic E-state index is -0.807. The van der Waals surface area contributed by atoms with E-state index in [-0.39, 0.29) is 35.6 Å². The molecule has 1 saturated carbocycles. The summed E-state index contributed by atoms with van der Waals surface area (Å²) in [5, 5.41) is 11.0. The number of ether oxygens (including phenoxy) is 2. The van der Waals surface area contributed by atoms with Crippen molar-refractivity contribution in [1.29, 1.82) is 0 Å². The number of nitrogens with zero attached hydrogens (tertiary/aromatic N) is 2. The van der Waals surface area contributed by atoms with E-state index in [2.05, 4.69) is 37.6 Å². The molecule has 2 fully saturated rings. The average Bonchev–Trinajstić information content (AvgIpc) is 3.25. The molecule has 0 aromatic heterocycles. The Morgan fingerprint density at radius 3 is 2.77 bits per heavy atom. The standard InChI is InChI=1S/C33H38N2O5/c1-20(2)19-35(28(38)12-9-23-8-6-7-21(3)17-23)25-13-14-33(40-22(4)36)27-18-24-10-11-26(37)30-29(24)32(33,31(25)39-30)15-16-34(27)5/h6-8,10-11,17,20,25,27,31,37H,13-16,18-19H2,1-5H3/t25-,27+,31-,32-,33+/m0/s1. The molecule has 2 aromatic carbocycles. The second kappa shape index (κ2) is 9.55. The first-order valence-electron chi connectivity index (χ1n) is 14.4. The fraction of sp³-hybridized carbons (Fsp3) is 0.515. The molecule has 6 rings (SSSR count). The van der Waals surface area contributed by atoms with Crippen molar-refractivity contribution in [2.45, 2.75) is 82.6 Å². The quantitative estimate of drug-likeness (QED) is 0.466. The zero-order chi connectivity index (χ0) is 28.4. The van der Waals surface area contributed by atoms with Gasteiger partial charge in [0.25, 0.3) is 5.91 Å². The number of aromatic hydroxyl groups is 1. The van der Waals surface area contributed by atoms with Crippen LogP contribution in [0.2, 0.25) is 0 Å². The highest BCUT2D eigenvalue weighted by molar-refractivity contribution is 5.94. The van der Waals surface area contributed by atoms with Crippen LogP contribution in [0.25, 0.3) is 0 Å². The summed E-state index contributed by atoms with van der Waals surface area (Å²) in [6, 6.07) is 11.2. The maximum atomic E-state index is 13.9. The highest BCUT2D eigenvalue weighted by Crippen LogP contribution is 2.67. The van der Waals surface area contributed by atoms with Gasteiger partial charge in [0.05, 0.1) is 17.5 Å². The molecule has 2 aliphatic carbocycles. The molecule has 2 heterocycles. The van der Waals surface area contributed by atoms with E-state index in [1.807, 2.05) is 42.2 Å². The summed E-state index contributed by atoms with van der Waals surface area (Å²) in [5.74, 6) is 6.24. The second-order valence-electron chi connectivity index (χ2n) is 12.5. The van der Waals surface area contributed by atoms with Gasteiger partial charge in [-0.25, -0.2) is 0 Å². The average molecular weight is 543 g/mol. The lowest BCUT2D eigenvalue weighted by atomic mass is 9.48. The number of hydrogen-bond donors (Lipinski definition) is 1. The maximum absolute atomic E-state index is 13.9. The number of carbonyl (C=O) groups is 2. The van der Waals surface area contributed by atoms with Gasteiger partial charge in [0, 0.05) is 30.5 Å². The minimum absolute atomic E-state index is 0.0180. The minimum Gasteiger partial charge on any atom is -0.504 e. The third kappa shape index (κ3) is 3.83. The van der Waals surface area contributed by atoms with Crippen molar-refractivity contribution in [3.63, 3.8) is 0 Å². The number of carbonyl (C=O) groups excluding carboxylic acids is 2. The van der Waals surface area contributed by atoms with Crippen molar-refractivity contribution in [2.75, 3.05) is 20.1 Å². The molecule has 0 radical (unpaired) electrons. The maximum Gasteiger partial charge on any atom is 0.303 e. The number of phenolic OH excluding ortho intramolecular Hbond substituents is 1. The molecule has 7 heteroatoms. The van der Waals surface area contributed by atoms with Crippen molar-refractivity contribution in [2.24, 2.45) is 5.92 Å². The van der Waals surface area contributed by atoms with E-state index in [1.165, 1.54) is 6.92 Å². The molecule has 1 spiro atoms. The normalized spacial score (nSPS) is 29.6. The van der Waals surface area contributed by atoms with Crippen LogP contribution in [-0.4, -0.2) is 70.7 Å². The van der Waals surface area contributed by atoms with Crippen LogP contribution in [0.1, 0.15) is 62.3 Å². The fourth-order valence-electron chi connectivity index (χ4n) is 8.16. The molecule has 1 N–H and O–H groups in total. The van der Waals surface area contributed by atoms with Gasteiger partial charge in [-0.2, -0.15) is 0 Å². The Morgan fingerprint density at radius 1 is 1.25 bits per heavy atom. The highest BCUT2D eigenvalue weighted by Gasteiger charge is 2.75. The Balaban J connectivity index is 1.47. The summed E-state index contributed by atoms with van der Waals surface area (Å²) in [4.78, 5) is 30.8. The van der Waals surface area contributed by atoms with E-state index < -0.39 is 17.1 Å². The molecule has 2 aromatic rings. The Bertz CT molecular complexity index is 1440. The Kier molecular flexibility index (Phi) is 6.38. The smallest absolute Gasteiger partial charge is 0.303 e. The van der Waals surface area contributed by atoms with Gasteiger partial charge in [0.15, 0.2) is 11.5 Å². The van der Waals surface area contributed by atoms with Gasteiger partial charge in [-0.3, -0.25) is 14.5 Å². The number of rotatable bonds is 4. The van der Waals surface area contributed by atoms with Gasteiger partial charge in [-0.15, -0.1) is 0 Å². The largest absolute Gasteiger partial charge is 0.504 e. The van der Waals surface area contributed by atoms with Gasteiger partial charge in [-0.1, -0.05) is 38.0 Å². The zero-order valence-electron chi connectivity index (χ0n) is 24.0. The summed E-state index contributed by atoms with van der Waals surface area (Å²) in [6.45, 7) is 9.01. The van der Waals surface area contributed by atoms with Gasteiger partial charge in [0.2, 0.25) is 0 Å². The van der Waals surface area contributed by atoms with E-state index in [0.717, 1.165) is 28.8 Å². The number of amides is 1. The number of benzene rings is 2. The Morgan fingerprint density at radius 2 is 2.05 bits per heavy atom. The topological polar surface area (TPSA) is 79.3 Å². The lowest BCUT2D eigenvalue weighted by molar-refractivity contribution is -0.221. The van der Waals surface area contributed by atoms with E-state index in [0.29, 0.717) is 38.0 Å². The summed E-state index contributed by atoms with van der Waals surface area (Å²) in [7, 11) is 2.10. The van der Waals surface area contributed by atoms with Gasteiger partial charge >= 0.3 is 5.97 Å². The van der Waals surface area contributed by atoms with Gasteiger partial charge in [0.1, 0.15) is 11.7 Å². The lowest BCUT2D eigenvalue weighted by Crippen LogP contribution is -2.79. The molecule has 40 heavy (non-hydrogen) atoms. The number of piperidine rings is 1. The number of phenols is 1. The molecule has 7 nitrogen and oxygen atoms in total. The van der Waals surface area contributed by atoms with Gasteiger partial charge < -0.3 is 19.5 Å². The molecule has 1 amide bonds. The number of aryl methyl sites for hydroxylation is 1. The first-order chi connectivity index (χ1) is 19.1. The monoisotopic (exact) mass is 542 g/mol. The molecular weight excluding hydrogens is 504 g/mol. The van der Waals surface area contributed by atoms with E-state index in [9.17, 15) is 14.7 Å². The van der Waals surface area contributed by atoms with Crippen LogP contribution in [0.4, 0.5) is 0 Å². The van der Waals surface area contributed by atoms with Crippen LogP contribution in [-0.2, 0) is 26.2 Å². The van der Waals surface area contributed by atoms with Gasteiger partial charge in [-0.05, 0) is 81.4 Å². The van der Waals surface area contributed by atoms with Crippen molar-refractivity contribution in [3.05, 3.63) is 58.7 Å². The zero-order valence-corrected chi connectivity index (χ0v) is 24.0. The summed E-state index contributed by atoms with van der Waals surface area (Å²) < 4.78 is 13.2. The van der Waals surface area contributed by atoms with Crippen molar-refractivity contribution >= 4 is 11.9 Å². The second-order valence-corrected chi connectivity index (χ2v) is 12.5. The van der Waals surface area contributed by atoms with Crippen molar-refractivity contribution in [1.82, 2.24) is 9.80 Å². The van der Waals surface area contributed by atoms with Crippen LogP contribution in [0.3, 0.4) is 0 Å². The SMILES string of the molecule is CC(=O)O[C@@]12CC[C@H](N(CC(C)C)C(=O)C#Cc3cccc(C)c3)[C@@H]3Oc4c(O)ccc5c4[C@@]31CCN(C)[C@@H]2C5. The van der Waals surface area contributed by atoms with Crippen molar-refractivity contribution < 1.29 is 24.2 Å². The van der Waals surface area contributed by atoms with Crippen LogP contribution in [0.15, 0.2) is 36.4 Å². The fourth-order valence-corrected chi connectivity index (χ4v) is 8.16. The first kappa shape index (κ1) is 26.7. The van der Waals surface area contributed by atoms with Crippen LogP contribution < -0.4 is 4.74 Å². The highest BCUT2D eigenvalue weighted by atomic mass is 16.6. The predicted molar refractivity (Wildman–Crippen MR) is 151 cm³/mol. The molecule has 2 bridgehead atoms. The van der Waals surface area contributed by atoms with E-state index in [4.69, 9.17) is 9.47 Å². The number of hydrogen-bond acceptors (Lipinski definition) is 6. The molecule has 2 aliphatic heterocycles. The van der Waals surface area contributed by atoms with Crippen LogP contribution in [0, 0.1) is 24.7 Å². The molecular formula is C33H38N2O5. The molecule has 5 atom stereocenters.